The fourth-order valence-electron chi connectivity index (χ4n) is 1.31. The normalized spacial score (nSPS) is 12.0. The van der Waals surface area contributed by atoms with Crippen molar-refractivity contribution in [3.63, 3.8) is 0 Å². The molecule has 2 N–H and O–H groups in total. The highest BCUT2D eigenvalue weighted by atomic mass is 35.5. The first-order chi connectivity index (χ1) is 7.92. The van der Waals surface area contributed by atoms with Gasteiger partial charge in [-0.15, -0.1) is 24.8 Å². The molecule has 1 rings (SSSR count). The number of imidazole rings is 1. The second kappa shape index (κ2) is 9.18. The van der Waals surface area contributed by atoms with Crippen LogP contribution in [-0.4, -0.2) is 35.6 Å². The summed E-state index contributed by atoms with van der Waals surface area (Å²) in [4.78, 5) is 18.7. The molecule has 0 aromatic carbocycles. The van der Waals surface area contributed by atoms with E-state index in [4.69, 9.17) is 4.74 Å². The number of esters is 1. The van der Waals surface area contributed by atoms with Crippen molar-refractivity contribution >= 4 is 30.8 Å². The molecule has 0 saturated heterocycles. The Labute approximate surface area is 126 Å². The maximum atomic E-state index is 11.8. The van der Waals surface area contributed by atoms with Crippen molar-refractivity contribution in [1.82, 2.24) is 15.3 Å². The quantitative estimate of drug-likeness (QED) is 0.816. The summed E-state index contributed by atoms with van der Waals surface area (Å²) < 4.78 is 5.27. The van der Waals surface area contributed by atoms with Crippen molar-refractivity contribution < 1.29 is 9.53 Å². The Hall–Kier alpha value is -0.780. The maximum absolute atomic E-state index is 11.8. The van der Waals surface area contributed by atoms with E-state index in [1.54, 1.807) is 19.6 Å². The number of halogens is 2. The third kappa shape index (κ3) is 8.08. The van der Waals surface area contributed by atoms with E-state index in [0.29, 0.717) is 13.0 Å². The van der Waals surface area contributed by atoms with Crippen molar-refractivity contribution in [1.29, 1.82) is 0 Å². The first-order valence-corrected chi connectivity index (χ1v) is 5.73. The smallest absolute Gasteiger partial charge is 0.323 e. The van der Waals surface area contributed by atoms with Gasteiger partial charge in [0.1, 0.15) is 6.04 Å². The van der Waals surface area contributed by atoms with Crippen LogP contribution in [-0.2, 0) is 16.0 Å². The fraction of sp³-hybridized carbons (Fsp3) is 0.667. The van der Waals surface area contributed by atoms with Gasteiger partial charge >= 0.3 is 5.97 Å². The Bertz CT molecular complexity index is 350. The van der Waals surface area contributed by atoms with Crippen LogP contribution in [0.2, 0.25) is 0 Å². The van der Waals surface area contributed by atoms with E-state index in [1.807, 2.05) is 20.8 Å². The molecule has 0 aliphatic carbocycles. The molecule has 0 bridgehead atoms. The van der Waals surface area contributed by atoms with Crippen LogP contribution >= 0.6 is 24.8 Å². The molecule has 0 spiro atoms. The highest BCUT2D eigenvalue weighted by Gasteiger charge is 2.21. The summed E-state index contributed by atoms with van der Waals surface area (Å²) in [6.45, 7) is 6.52. The molecule has 0 unspecified atom stereocenters. The van der Waals surface area contributed by atoms with Gasteiger partial charge in [0.15, 0.2) is 0 Å². The van der Waals surface area contributed by atoms with Gasteiger partial charge in [-0.3, -0.25) is 4.79 Å². The second-order valence-corrected chi connectivity index (χ2v) is 5.29. The minimum atomic E-state index is -0.335. The molecule has 0 amide bonds. The van der Waals surface area contributed by atoms with Gasteiger partial charge in [-0.25, -0.2) is 4.98 Å². The van der Waals surface area contributed by atoms with Gasteiger partial charge in [0.25, 0.3) is 0 Å². The number of carbonyl (C=O) groups is 1. The second-order valence-electron chi connectivity index (χ2n) is 5.29. The zero-order valence-corrected chi connectivity index (χ0v) is 13.4. The van der Waals surface area contributed by atoms with E-state index < -0.39 is 0 Å². The number of likely N-dealkylation sites (N-methyl/N-ethyl adjacent to an activating group) is 1. The van der Waals surface area contributed by atoms with Crippen LogP contribution in [0.3, 0.4) is 0 Å². The molecule has 19 heavy (non-hydrogen) atoms. The number of H-pyrrole nitrogens is 1. The lowest BCUT2D eigenvalue weighted by molar-refractivity contribution is -0.148. The summed E-state index contributed by atoms with van der Waals surface area (Å²) in [6.07, 6.45) is 3.86. The van der Waals surface area contributed by atoms with Crippen molar-refractivity contribution in [2.75, 3.05) is 13.7 Å². The number of ether oxygens (including phenoxy) is 1. The van der Waals surface area contributed by atoms with E-state index in [9.17, 15) is 4.79 Å². The Balaban J connectivity index is 0. The Morgan fingerprint density at radius 1 is 1.47 bits per heavy atom. The predicted octanol–water partition coefficient (Wildman–Crippen LogP) is 1.97. The average molecular weight is 312 g/mol. The van der Waals surface area contributed by atoms with E-state index in [0.717, 1.165) is 5.69 Å². The number of hydrogen-bond acceptors (Lipinski definition) is 4. The monoisotopic (exact) mass is 311 g/mol. The van der Waals surface area contributed by atoms with Gasteiger partial charge in [0.05, 0.1) is 12.9 Å². The molecule has 7 heteroatoms. The Kier molecular flexibility index (Phi) is 9.92. The Morgan fingerprint density at radius 2 is 2.11 bits per heavy atom. The molecule has 1 heterocycles. The molecule has 112 valence electrons. The zero-order valence-electron chi connectivity index (χ0n) is 11.7. The van der Waals surface area contributed by atoms with Crippen molar-refractivity contribution in [2.45, 2.75) is 33.2 Å². The summed E-state index contributed by atoms with van der Waals surface area (Å²) in [6, 6.07) is -0.335. The lowest BCUT2D eigenvalue weighted by atomic mass is 9.99. The van der Waals surface area contributed by atoms with Crippen LogP contribution in [0.4, 0.5) is 0 Å². The molecule has 5 nitrogen and oxygen atoms in total. The summed E-state index contributed by atoms with van der Waals surface area (Å²) in [7, 11) is 1.75. The number of nitrogens with one attached hydrogen (secondary N) is 2. The largest absolute Gasteiger partial charge is 0.464 e. The van der Waals surface area contributed by atoms with Crippen LogP contribution in [0.15, 0.2) is 12.5 Å². The van der Waals surface area contributed by atoms with Gasteiger partial charge in [-0.1, -0.05) is 20.8 Å². The van der Waals surface area contributed by atoms with Crippen LogP contribution < -0.4 is 5.32 Å². The zero-order chi connectivity index (χ0) is 12.9. The van der Waals surface area contributed by atoms with Gasteiger partial charge in [-0.05, 0) is 12.5 Å². The summed E-state index contributed by atoms with van der Waals surface area (Å²) in [5.41, 5.74) is 0.902. The van der Waals surface area contributed by atoms with Crippen LogP contribution in [0.5, 0.6) is 0 Å². The number of carbonyl (C=O) groups excluding carboxylic acids is 1. The molecular weight excluding hydrogens is 289 g/mol. The lowest BCUT2D eigenvalue weighted by Crippen LogP contribution is -2.38. The summed E-state index contributed by atoms with van der Waals surface area (Å²) in [5, 5.41) is 2.95. The van der Waals surface area contributed by atoms with E-state index in [1.165, 1.54) is 0 Å². The first kappa shape index (κ1) is 20.5. The van der Waals surface area contributed by atoms with Crippen LogP contribution in [0.25, 0.3) is 0 Å². The van der Waals surface area contributed by atoms with E-state index >= 15 is 0 Å². The van der Waals surface area contributed by atoms with Crippen LogP contribution in [0.1, 0.15) is 26.5 Å². The highest BCUT2D eigenvalue weighted by molar-refractivity contribution is 5.85. The standard InChI is InChI=1S/C12H21N3O2.2ClH/c1-12(2,3)7-17-11(16)10(13-4)5-9-6-14-8-15-9;;/h6,8,10,13H,5,7H2,1-4H3,(H,14,15);2*1H/t10-;;/m0../s1. The van der Waals surface area contributed by atoms with Crippen molar-refractivity contribution in [3.8, 4) is 0 Å². The molecule has 0 fully saturated rings. The molecular formula is C12H23Cl2N3O2. The van der Waals surface area contributed by atoms with Gasteiger partial charge in [-0.2, -0.15) is 0 Å². The highest BCUT2D eigenvalue weighted by Crippen LogP contribution is 2.13. The minimum absolute atomic E-state index is 0. The molecule has 1 aromatic rings. The number of rotatable bonds is 5. The third-order valence-electron chi connectivity index (χ3n) is 2.26. The molecule has 0 saturated carbocycles. The maximum Gasteiger partial charge on any atom is 0.323 e. The molecule has 0 aliphatic heterocycles. The number of aromatic nitrogens is 2. The molecule has 1 atom stereocenters. The van der Waals surface area contributed by atoms with Gasteiger partial charge in [0.2, 0.25) is 0 Å². The van der Waals surface area contributed by atoms with E-state index in [2.05, 4.69) is 15.3 Å². The minimum Gasteiger partial charge on any atom is -0.464 e. The SMILES string of the molecule is CN[C@@H](Cc1cnc[nH]1)C(=O)OCC(C)(C)C.Cl.Cl. The predicted molar refractivity (Wildman–Crippen MR) is 80.0 cm³/mol. The van der Waals surface area contributed by atoms with Crippen LogP contribution in [0, 0.1) is 5.41 Å². The Morgan fingerprint density at radius 3 is 2.53 bits per heavy atom. The average Bonchev–Trinajstić information content (AvgIpc) is 2.74. The van der Waals surface area contributed by atoms with Crippen molar-refractivity contribution in [3.05, 3.63) is 18.2 Å². The number of aromatic amines is 1. The van der Waals surface area contributed by atoms with Gasteiger partial charge < -0.3 is 15.0 Å². The molecule has 0 aliphatic rings. The molecule has 0 radical (unpaired) electrons. The molecule has 1 aromatic heterocycles. The summed E-state index contributed by atoms with van der Waals surface area (Å²) in [5.74, 6) is -0.225. The third-order valence-corrected chi connectivity index (χ3v) is 2.26. The lowest BCUT2D eigenvalue weighted by Gasteiger charge is -2.20. The van der Waals surface area contributed by atoms with Gasteiger partial charge in [0, 0.05) is 18.3 Å². The number of nitrogens with zero attached hydrogens (tertiary/aromatic N) is 1. The first-order valence-electron chi connectivity index (χ1n) is 5.73. The fourth-order valence-corrected chi connectivity index (χ4v) is 1.31. The summed E-state index contributed by atoms with van der Waals surface area (Å²) >= 11 is 0. The number of hydrogen-bond donors (Lipinski definition) is 2. The van der Waals surface area contributed by atoms with E-state index in [-0.39, 0.29) is 42.2 Å². The van der Waals surface area contributed by atoms with Crippen molar-refractivity contribution in [2.24, 2.45) is 5.41 Å². The topological polar surface area (TPSA) is 67.0 Å².